The first kappa shape index (κ1) is 18.5. The second-order valence-electron chi connectivity index (χ2n) is 7.85. The second kappa shape index (κ2) is 7.06. The number of halogens is 1. The zero-order valence-corrected chi connectivity index (χ0v) is 16.4. The first-order valence-electron chi connectivity index (χ1n) is 9.96. The van der Waals surface area contributed by atoms with Crippen LogP contribution in [0.5, 0.6) is 0 Å². The average Bonchev–Trinajstić information content (AvgIpc) is 3.15. The molecule has 0 spiro atoms. The lowest BCUT2D eigenvalue weighted by Gasteiger charge is -2.25. The molecule has 7 nitrogen and oxygen atoms in total. The van der Waals surface area contributed by atoms with Gasteiger partial charge in [0.05, 0.1) is 16.6 Å². The summed E-state index contributed by atoms with van der Waals surface area (Å²) in [6.07, 6.45) is 9.99. The normalized spacial score (nSPS) is 15.0. The number of nitriles is 1. The van der Waals surface area contributed by atoms with Gasteiger partial charge in [0.15, 0.2) is 17.3 Å². The first-order chi connectivity index (χ1) is 14.5. The topological polar surface area (TPSA) is 88.9 Å². The van der Waals surface area contributed by atoms with Crippen LogP contribution >= 0.6 is 0 Å². The van der Waals surface area contributed by atoms with Crippen LogP contribution in [0.3, 0.4) is 0 Å². The molecule has 0 amide bonds. The van der Waals surface area contributed by atoms with E-state index in [1.165, 1.54) is 12.3 Å². The Balaban J connectivity index is 1.53. The van der Waals surface area contributed by atoms with Gasteiger partial charge in [-0.2, -0.15) is 0 Å². The third kappa shape index (κ3) is 3.05. The minimum absolute atomic E-state index is 0.0836. The molecular weight excluding hydrogens is 382 g/mol. The summed E-state index contributed by atoms with van der Waals surface area (Å²) in [4.78, 5) is 26.0. The van der Waals surface area contributed by atoms with Crippen LogP contribution in [0.15, 0.2) is 41.7 Å². The fraction of sp³-hybridized carbons (Fsp3) is 0.286. The molecule has 4 aromatic heterocycles. The summed E-state index contributed by atoms with van der Waals surface area (Å²) in [7, 11) is 0. The maximum absolute atomic E-state index is 14.4. The van der Waals surface area contributed by atoms with E-state index in [0.717, 1.165) is 31.2 Å². The van der Waals surface area contributed by atoms with Gasteiger partial charge in [0.25, 0.3) is 12.3 Å². The summed E-state index contributed by atoms with van der Waals surface area (Å²) in [5.41, 5.74) is 1.87. The Hall–Kier alpha value is -3.54. The molecule has 1 saturated heterocycles. The number of rotatable bonds is 2. The summed E-state index contributed by atoms with van der Waals surface area (Å²) in [6, 6.07) is 3.25. The Labute approximate surface area is 171 Å². The lowest BCUT2D eigenvalue weighted by Crippen LogP contribution is -2.29. The summed E-state index contributed by atoms with van der Waals surface area (Å²) >= 11 is 0. The van der Waals surface area contributed by atoms with E-state index in [0.29, 0.717) is 22.3 Å². The Morgan fingerprint density at radius 1 is 1.27 bits per heavy atom. The van der Waals surface area contributed by atoms with E-state index >= 15 is 0 Å². The van der Waals surface area contributed by atoms with Crippen molar-refractivity contribution in [2.24, 2.45) is 0 Å². The van der Waals surface area contributed by atoms with Crippen LogP contribution < -0.4 is 5.56 Å². The van der Waals surface area contributed by atoms with Gasteiger partial charge in [0, 0.05) is 42.4 Å². The molecule has 0 aromatic carbocycles. The molecule has 5 rings (SSSR count). The van der Waals surface area contributed by atoms with Gasteiger partial charge in [-0.05, 0) is 31.9 Å². The molecule has 1 fully saturated rings. The second-order valence-corrected chi connectivity index (χ2v) is 7.85. The summed E-state index contributed by atoms with van der Waals surface area (Å²) < 4.78 is 17.8. The molecule has 9 heteroatoms. The Morgan fingerprint density at radius 2 is 2.07 bits per heavy atom. The van der Waals surface area contributed by atoms with Crippen molar-refractivity contribution in [3.05, 3.63) is 58.8 Å². The number of aromatic nitrogens is 5. The fourth-order valence-electron chi connectivity index (χ4n) is 4.26. The quantitative estimate of drug-likeness (QED) is 0.481. The van der Waals surface area contributed by atoms with Crippen molar-refractivity contribution in [3.8, 4) is 17.4 Å². The van der Waals surface area contributed by atoms with Crippen molar-refractivity contribution < 1.29 is 4.39 Å². The third-order valence-corrected chi connectivity index (χ3v) is 5.83. The zero-order valence-electron chi connectivity index (χ0n) is 16.4. The van der Waals surface area contributed by atoms with Crippen LogP contribution in [0.4, 0.5) is 4.39 Å². The summed E-state index contributed by atoms with van der Waals surface area (Å²) in [6.45, 7) is 1.89. The predicted molar refractivity (Wildman–Crippen MR) is 112 cm³/mol. The molecule has 30 heavy (non-hydrogen) atoms. The van der Waals surface area contributed by atoms with Gasteiger partial charge in [0.2, 0.25) is 0 Å². The van der Waals surface area contributed by atoms with Gasteiger partial charge >= 0.3 is 0 Å². The van der Waals surface area contributed by atoms with E-state index in [1.807, 2.05) is 0 Å². The van der Waals surface area contributed by atoms with Crippen LogP contribution in [-0.4, -0.2) is 30.6 Å². The first-order valence-corrected chi connectivity index (χ1v) is 9.96. The van der Waals surface area contributed by atoms with Crippen molar-refractivity contribution in [3.63, 3.8) is 0 Å². The molecule has 0 unspecified atom stereocenters. The van der Waals surface area contributed by atoms with Gasteiger partial charge in [-0.15, -0.1) is 0 Å². The molecule has 4 aromatic rings. The van der Waals surface area contributed by atoms with Crippen molar-refractivity contribution in [2.45, 2.75) is 38.4 Å². The molecule has 0 saturated carbocycles. The van der Waals surface area contributed by atoms with Crippen LogP contribution in [0.1, 0.15) is 24.6 Å². The Bertz CT molecular complexity index is 1380. The van der Waals surface area contributed by atoms with Crippen LogP contribution in [0.2, 0.25) is 12.6 Å². The number of hydrogen-bond donors (Lipinski definition) is 0. The molecule has 5 heterocycles. The highest BCUT2D eigenvalue weighted by Crippen LogP contribution is 2.28. The number of pyridine rings is 2. The van der Waals surface area contributed by atoms with Crippen LogP contribution in [0.25, 0.3) is 27.9 Å². The number of hydrogen-bond acceptors (Lipinski definition) is 5. The SMILES string of the molecule is Cc1cn2cc(-c3ncc4c(=O)n(C5CCB(C#N)CC5)ccc4n3)cc(F)c2n1. The smallest absolute Gasteiger partial charge is 0.268 e. The monoisotopic (exact) mass is 400 g/mol. The molecule has 1 aliphatic heterocycles. The number of nitrogens with zero attached hydrogens (tertiary/aromatic N) is 6. The maximum Gasteiger partial charge on any atom is 0.268 e. The average molecular weight is 400 g/mol. The number of fused-ring (bicyclic) bond motifs is 2. The van der Waals surface area contributed by atoms with Gasteiger partial charge in [-0.25, -0.2) is 24.6 Å². The highest BCUT2D eigenvalue weighted by Gasteiger charge is 2.26. The summed E-state index contributed by atoms with van der Waals surface area (Å²) in [5.74, 6) is 2.22. The Kier molecular flexibility index (Phi) is 4.35. The van der Waals surface area contributed by atoms with Crippen LogP contribution in [-0.2, 0) is 0 Å². The Morgan fingerprint density at radius 3 is 2.83 bits per heavy atom. The molecule has 0 N–H and O–H groups in total. The lowest BCUT2D eigenvalue weighted by molar-refractivity contribution is 0.444. The zero-order chi connectivity index (χ0) is 20.8. The highest BCUT2D eigenvalue weighted by molar-refractivity contribution is 6.67. The molecule has 0 bridgehead atoms. The van der Waals surface area contributed by atoms with Gasteiger partial charge < -0.3 is 8.97 Å². The minimum Gasteiger partial charge on any atom is -0.312 e. The van der Waals surface area contributed by atoms with Crippen molar-refractivity contribution in [1.29, 1.82) is 5.26 Å². The fourth-order valence-corrected chi connectivity index (χ4v) is 4.26. The van der Waals surface area contributed by atoms with Crippen molar-refractivity contribution in [1.82, 2.24) is 23.9 Å². The number of aryl methyl sites for hydroxylation is 1. The van der Waals surface area contributed by atoms with E-state index in [-0.39, 0.29) is 24.0 Å². The lowest BCUT2D eigenvalue weighted by atomic mass is 9.42. The van der Waals surface area contributed by atoms with Gasteiger partial charge in [-0.3, -0.25) is 4.79 Å². The molecular formula is C21H18BFN6O. The highest BCUT2D eigenvalue weighted by atomic mass is 19.1. The molecule has 0 aliphatic carbocycles. The molecule has 1 aliphatic rings. The standard InChI is InChI=1S/C21H18BFN6O/c1-13-10-28-11-14(8-17(23)20(28)26-13)19-25-9-16-18(27-19)4-7-29(21(16)30)15-2-5-22(12-24)6-3-15/h4,7-11,15H,2-3,5-6H2,1H3. The van der Waals surface area contributed by atoms with E-state index in [4.69, 9.17) is 5.26 Å². The van der Waals surface area contributed by atoms with Crippen LogP contribution in [0, 0.1) is 24.0 Å². The molecule has 0 radical (unpaired) electrons. The molecule has 0 atom stereocenters. The van der Waals surface area contributed by atoms with Gasteiger partial charge in [0.1, 0.15) is 0 Å². The maximum atomic E-state index is 14.4. The van der Waals surface area contributed by atoms with E-state index < -0.39 is 5.82 Å². The van der Waals surface area contributed by atoms with Gasteiger partial charge in [-0.1, -0.05) is 12.6 Å². The largest absolute Gasteiger partial charge is 0.312 e. The van der Waals surface area contributed by atoms with E-state index in [1.54, 1.807) is 40.5 Å². The third-order valence-electron chi connectivity index (χ3n) is 5.83. The minimum atomic E-state index is -0.451. The van der Waals surface area contributed by atoms with E-state index in [9.17, 15) is 9.18 Å². The summed E-state index contributed by atoms with van der Waals surface area (Å²) in [5, 5.41) is 9.51. The van der Waals surface area contributed by atoms with Crippen molar-refractivity contribution >= 4 is 23.3 Å². The van der Waals surface area contributed by atoms with E-state index in [2.05, 4.69) is 20.9 Å². The predicted octanol–water partition coefficient (Wildman–Crippen LogP) is 3.45. The number of imidazole rings is 1. The molecule has 148 valence electrons. The van der Waals surface area contributed by atoms with Crippen molar-refractivity contribution in [2.75, 3.05) is 0 Å².